The third kappa shape index (κ3) is 3.79. The fourth-order valence-corrected chi connectivity index (χ4v) is 1.62. The summed E-state index contributed by atoms with van der Waals surface area (Å²) in [5, 5.41) is 8.82. The summed E-state index contributed by atoms with van der Waals surface area (Å²) < 4.78 is 35.8. The zero-order chi connectivity index (χ0) is 11.5. The van der Waals surface area contributed by atoms with Gasteiger partial charge in [0.25, 0.3) is 0 Å². The number of hydrogen-bond acceptors (Lipinski definition) is 3. The van der Waals surface area contributed by atoms with Gasteiger partial charge in [-0.25, -0.2) is 0 Å². The lowest BCUT2D eigenvalue weighted by Crippen LogP contribution is -2.41. The van der Waals surface area contributed by atoms with Gasteiger partial charge in [-0.1, -0.05) is 0 Å². The molecule has 0 amide bonds. The van der Waals surface area contributed by atoms with Crippen LogP contribution < -0.4 is 0 Å². The van der Waals surface area contributed by atoms with Crippen molar-refractivity contribution >= 4 is 5.78 Å². The molecule has 1 N–H and O–H groups in total. The number of Topliss-reactive ketones (excluding diaryl/α,β-unsaturated/α-hetero) is 1. The Bertz CT molecular complexity index is 222. The van der Waals surface area contributed by atoms with Gasteiger partial charge in [0.05, 0.1) is 6.54 Å². The highest BCUT2D eigenvalue weighted by Gasteiger charge is 2.39. The van der Waals surface area contributed by atoms with Gasteiger partial charge in [-0.2, -0.15) is 13.2 Å². The first-order valence-electron chi connectivity index (χ1n) is 4.86. The molecule has 0 bridgehead atoms. The van der Waals surface area contributed by atoms with E-state index in [9.17, 15) is 18.0 Å². The van der Waals surface area contributed by atoms with E-state index in [0.29, 0.717) is 25.9 Å². The number of carbonyl (C=O) groups is 1. The number of rotatable bonds is 3. The van der Waals surface area contributed by atoms with Crippen molar-refractivity contribution in [1.29, 1.82) is 0 Å². The van der Waals surface area contributed by atoms with Gasteiger partial charge in [0.15, 0.2) is 0 Å². The molecule has 88 valence electrons. The molecule has 0 aromatic carbocycles. The van der Waals surface area contributed by atoms with Gasteiger partial charge < -0.3 is 5.11 Å². The van der Waals surface area contributed by atoms with Crippen molar-refractivity contribution in [3.8, 4) is 0 Å². The van der Waals surface area contributed by atoms with E-state index >= 15 is 0 Å². The van der Waals surface area contributed by atoms with E-state index in [1.807, 2.05) is 0 Å². The second-order valence-corrected chi connectivity index (χ2v) is 3.82. The predicted molar refractivity (Wildman–Crippen MR) is 47.3 cm³/mol. The summed E-state index contributed by atoms with van der Waals surface area (Å²) in [6.07, 6.45) is -3.42. The van der Waals surface area contributed by atoms with Crippen LogP contribution in [0.4, 0.5) is 13.2 Å². The minimum absolute atomic E-state index is 0.0705. The number of halogens is 3. The third-order valence-corrected chi connectivity index (χ3v) is 2.65. The number of carbonyl (C=O) groups excluding carboxylic acids is 1. The number of piperidine rings is 1. The Balaban J connectivity index is 2.33. The van der Waals surface area contributed by atoms with E-state index in [-0.39, 0.29) is 12.5 Å². The van der Waals surface area contributed by atoms with Crippen LogP contribution in [0.1, 0.15) is 12.8 Å². The third-order valence-electron chi connectivity index (χ3n) is 2.65. The SMILES string of the molecule is O=C(CN1CCC(CO)CC1)C(F)(F)F. The Kier molecular flexibility index (Phi) is 4.10. The Morgan fingerprint density at radius 3 is 2.27 bits per heavy atom. The molecule has 1 heterocycles. The highest BCUT2D eigenvalue weighted by molar-refractivity contribution is 5.85. The average Bonchev–Trinajstić information content (AvgIpc) is 2.17. The van der Waals surface area contributed by atoms with Crippen molar-refractivity contribution in [2.45, 2.75) is 19.0 Å². The molecule has 3 nitrogen and oxygen atoms in total. The fraction of sp³-hybridized carbons (Fsp3) is 0.889. The number of alkyl halides is 3. The molecule has 0 unspecified atom stereocenters. The smallest absolute Gasteiger partial charge is 0.396 e. The van der Waals surface area contributed by atoms with Crippen molar-refractivity contribution in [2.24, 2.45) is 5.92 Å². The molecule has 1 saturated heterocycles. The maximum atomic E-state index is 11.9. The van der Waals surface area contributed by atoms with Gasteiger partial charge in [-0.3, -0.25) is 9.69 Å². The molecular formula is C9H14F3NO2. The van der Waals surface area contributed by atoms with E-state index in [1.54, 1.807) is 0 Å². The van der Waals surface area contributed by atoms with Crippen LogP contribution >= 0.6 is 0 Å². The van der Waals surface area contributed by atoms with E-state index in [4.69, 9.17) is 5.11 Å². The molecule has 0 spiro atoms. The van der Waals surface area contributed by atoms with E-state index < -0.39 is 18.5 Å². The Morgan fingerprint density at radius 2 is 1.87 bits per heavy atom. The zero-order valence-electron chi connectivity index (χ0n) is 8.26. The zero-order valence-corrected chi connectivity index (χ0v) is 8.26. The molecular weight excluding hydrogens is 211 g/mol. The van der Waals surface area contributed by atoms with Gasteiger partial charge in [0.1, 0.15) is 0 Å². The molecule has 0 radical (unpaired) electrons. The van der Waals surface area contributed by atoms with Crippen molar-refractivity contribution < 1.29 is 23.1 Å². The topological polar surface area (TPSA) is 40.5 Å². The molecule has 0 atom stereocenters. The van der Waals surface area contributed by atoms with Gasteiger partial charge >= 0.3 is 6.18 Å². The fourth-order valence-electron chi connectivity index (χ4n) is 1.62. The first-order chi connectivity index (χ1) is 6.93. The lowest BCUT2D eigenvalue weighted by Gasteiger charge is -2.30. The highest BCUT2D eigenvalue weighted by atomic mass is 19.4. The molecule has 15 heavy (non-hydrogen) atoms. The lowest BCUT2D eigenvalue weighted by atomic mass is 9.98. The summed E-state index contributed by atoms with van der Waals surface area (Å²) in [4.78, 5) is 12.2. The normalized spacial score (nSPS) is 20.5. The number of likely N-dealkylation sites (tertiary alicyclic amines) is 1. The number of aliphatic hydroxyl groups excluding tert-OH is 1. The van der Waals surface area contributed by atoms with Crippen LogP contribution in [-0.4, -0.2) is 48.2 Å². The minimum Gasteiger partial charge on any atom is -0.396 e. The van der Waals surface area contributed by atoms with Crippen molar-refractivity contribution in [3.63, 3.8) is 0 Å². The van der Waals surface area contributed by atoms with Crippen LogP contribution in [0.3, 0.4) is 0 Å². The van der Waals surface area contributed by atoms with Crippen LogP contribution in [0.5, 0.6) is 0 Å². The molecule has 1 rings (SSSR count). The first-order valence-corrected chi connectivity index (χ1v) is 4.86. The van der Waals surface area contributed by atoms with Crippen molar-refractivity contribution in [1.82, 2.24) is 4.90 Å². The predicted octanol–water partition coefficient (Wildman–Crippen LogP) is 0.822. The largest absolute Gasteiger partial charge is 0.451 e. The summed E-state index contributed by atoms with van der Waals surface area (Å²) in [5.41, 5.74) is 0. The summed E-state index contributed by atoms with van der Waals surface area (Å²) in [6, 6.07) is 0. The standard InChI is InChI=1S/C9H14F3NO2/c10-9(11,12)8(15)5-13-3-1-7(6-14)2-4-13/h7,14H,1-6H2. The molecule has 1 aliphatic heterocycles. The molecule has 0 aliphatic carbocycles. The molecule has 0 aromatic rings. The van der Waals surface area contributed by atoms with Crippen molar-refractivity contribution in [3.05, 3.63) is 0 Å². The lowest BCUT2D eigenvalue weighted by molar-refractivity contribution is -0.172. The van der Waals surface area contributed by atoms with Crippen LogP contribution in [0.2, 0.25) is 0 Å². The average molecular weight is 225 g/mol. The van der Waals surface area contributed by atoms with Gasteiger partial charge in [0, 0.05) is 6.61 Å². The Labute approximate surface area is 85.9 Å². The number of hydrogen-bond donors (Lipinski definition) is 1. The van der Waals surface area contributed by atoms with Crippen LogP contribution in [0.25, 0.3) is 0 Å². The number of nitrogens with zero attached hydrogens (tertiary/aromatic N) is 1. The van der Waals surface area contributed by atoms with Gasteiger partial charge in [0.2, 0.25) is 5.78 Å². The second-order valence-electron chi connectivity index (χ2n) is 3.82. The highest BCUT2D eigenvalue weighted by Crippen LogP contribution is 2.20. The summed E-state index contributed by atoms with van der Waals surface area (Å²) >= 11 is 0. The first kappa shape index (κ1) is 12.4. The van der Waals surface area contributed by atoms with Crippen LogP contribution in [0.15, 0.2) is 0 Å². The molecule has 0 aromatic heterocycles. The number of aliphatic hydroxyl groups is 1. The maximum Gasteiger partial charge on any atom is 0.451 e. The van der Waals surface area contributed by atoms with E-state index in [2.05, 4.69) is 0 Å². The number of ketones is 1. The van der Waals surface area contributed by atoms with Crippen molar-refractivity contribution in [2.75, 3.05) is 26.2 Å². The van der Waals surface area contributed by atoms with Crippen LogP contribution in [0, 0.1) is 5.92 Å². The summed E-state index contributed by atoms with van der Waals surface area (Å²) in [6.45, 7) is 0.419. The molecule has 0 saturated carbocycles. The summed E-state index contributed by atoms with van der Waals surface area (Å²) in [7, 11) is 0. The molecule has 1 aliphatic rings. The van der Waals surface area contributed by atoms with Crippen LogP contribution in [-0.2, 0) is 4.79 Å². The Hall–Kier alpha value is -0.620. The molecule has 1 fully saturated rings. The second kappa shape index (κ2) is 4.94. The van der Waals surface area contributed by atoms with E-state index in [1.165, 1.54) is 4.90 Å². The van der Waals surface area contributed by atoms with Gasteiger partial charge in [-0.05, 0) is 31.8 Å². The summed E-state index contributed by atoms with van der Waals surface area (Å²) in [5.74, 6) is -1.52. The monoisotopic (exact) mass is 225 g/mol. The maximum absolute atomic E-state index is 11.9. The van der Waals surface area contributed by atoms with E-state index in [0.717, 1.165) is 0 Å². The minimum atomic E-state index is -4.73. The quantitative estimate of drug-likeness (QED) is 0.773. The Morgan fingerprint density at radius 1 is 1.33 bits per heavy atom. The van der Waals surface area contributed by atoms with Gasteiger partial charge in [-0.15, -0.1) is 0 Å². The molecule has 6 heteroatoms.